The van der Waals surface area contributed by atoms with Crippen LogP contribution in [0.25, 0.3) is 0 Å². The molecule has 20 heavy (non-hydrogen) atoms. The smallest absolute Gasteiger partial charge is 0.114 e. The second-order valence-corrected chi connectivity index (χ2v) is 5.34. The molecule has 6 nitrogen and oxygen atoms in total. The maximum Gasteiger partial charge on any atom is 0.114 e. The van der Waals surface area contributed by atoms with Crippen LogP contribution in [0.3, 0.4) is 0 Å². The SMILES string of the molecule is CCCCOC1[C@@H](O)[C@H](O)C(OCCCC)[C@H](O)[C@H]1O. The molecular weight excluding hydrogens is 264 g/mol. The number of aliphatic hydroxyl groups is 4. The molecular formula is C14H28O6. The third-order valence-electron chi connectivity index (χ3n) is 3.66. The number of hydrogen-bond acceptors (Lipinski definition) is 6. The van der Waals surface area contributed by atoms with Gasteiger partial charge in [0, 0.05) is 13.2 Å². The molecule has 0 amide bonds. The summed E-state index contributed by atoms with van der Waals surface area (Å²) in [6.07, 6.45) is -3.62. The van der Waals surface area contributed by atoms with E-state index in [1.54, 1.807) is 0 Å². The van der Waals surface area contributed by atoms with Gasteiger partial charge in [-0.2, -0.15) is 0 Å². The van der Waals surface area contributed by atoms with Gasteiger partial charge < -0.3 is 29.9 Å². The number of rotatable bonds is 8. The maximum atomic E-state index is 10.0. The molecule has 1 aliphatic carbocycles. The molecule has 6 atom stereocenters. The van der Waals surface area contributed by atoms with E-state index >= 15 is 0 Å². The monoisotopic (exact) mass is 292 g/mol. The standard InChI is InChI=1S/C14H28O6/c1-3-5-7-19-13-9(15)11(17)14(12(18)10(13)16)20-8-6-4-2/h9-18H,3-8H2,1-2H3/t9-,10+,11-,12+,13?,14?. The van der Waals surface area contributed by atoms with Crippen LogP contribution in [0.15, 0.2) is 0 Å². The molecule has 0 heterocycles. The van der Waals surface area contributed by atoms with E-state index in [1.807, 2.05) is 13.8 Å². The van der Waals surface area contributed by atoms with Gasteiger partial charge >= 0.3 is 0 Å². The normalized spacial score (nSPS) is 38.1. The van der Waals surface area contributed by atoms with Crippen molar-refractivity contribution < 1.29 is 29.9 Å². The Hall–Kier alpha value is -0.240. The molecule has 1 saturated carbocycles. The molecule has 120 valence electrons. The predicted molar refractivity (Wildman–Crippen MR) is 73.3 cm³/mol. The molecule has 0 bridgehead atoms. The quantitative estimate of drug-likeness (QED) is 0.463. The first-order chi connectivity index (χ1) is 9.54. The maximum absolute atomic E-state index is 10.0. The largest absolute Gasteiger partial charge is 0.387 e. The fourth-order valence-corrected chi connectivity index (χ4v) is 2.30. The van der Waals surface area contributed by atoms with Crippen molar-refractivity contribution in [2.45, 2.75) is 76.2 Å². The average molecular weight is 292 g/mol. The molecule has 0 aromatic rings. The lowest BCUT2D eigenvalue weighted by Crippen LogP contribution is -2.65. The fourth-order valence-electron chi connectivity index (χ4n) is 2.30. The molecule has 0 aromatic carbocycles. The van der Waals surface area contributed by atoms with E-state index in [2.05, 4.69) is 0 Å². The van der Waals surface area contributed by atoms with E-state index in [1.165, 1.54) is 0 Å². The Kier molecular flexibility index (Phi) is 7.94. The lowest BCUT2D eigenvalue weighted by Gasteiger charge is -2.43. The van der Waals surface area contributed by atoms with Gasteiger partial charge in [0.2, 0.25) is 0 Å². The summed E-state index contributed by atoms with van der Waals surface area (Å²) in [5.41, 5.74) is 0. The van der Waals surface area contributed by atoms with E-state index in [0.717, 1.165) is 25.7 Å². The number of aliphatic hydroxyl groups excluding tert-OH is 4. The molecule has 4 N–H and O–H groups in total. The van der Waals surface area contributed by atoms with Gasteiger partial charge in [-0.3, -0.25) is 0 Å². The van der Waals surface area contributed by atoms with Crippen molar-refractivity contribution in [3.63, 3.8) is 0 Å². The zero-order valence-corrected chi connectivity index (χ0v) is 12.3. The second kappa shape index (κ2) is 8.92. The van der Waals surface area contributed by atoms with Crippen LogP contribution in [-0.2, 0) is 9.47 Å². The third-order valence-corrected chi connectivity index (χ3v) is 3.66. The molecule has 0 aliphatic heterocycles. The van der Waals surface area contributed by atoms with Crippen molar-refractivity contribution in [2.24, 2.45) is 0 Å². The summed E-state index contributed by atoms with van der Waals surface area (Å²) in [5.74, 6) is 0. The lowest BCUT2D eigenvalue weighted by molar-refractivity contribution is -0.246. The van der Waals surface area contributed by atoms with Crippen molar-refractivity contribution in [1.82, 2.24) is 0 Å². The summed E-state index contributed by atoms with van der Waals surface area (Å²) >= 11 is 0. The van der Waals surface area contributed by atoms with Crippen LogP contribution in [0.1, 0.15) is 39.5 Å². The van der Waals surface area contributed by atoms with E-state index in [-0.39, 0.29) is 0 Å². The Morgan fingerprint density at radius 3 is 1.20 bits per heavy atom. The Labute approximate surface area is 120 Å². The first kappa shape index (κ1) is 17.8. The molecule has 1 fully saturated rings. The van der Waals surface area contributed by atoms with Crippen molar-refractivity contribution in [3.8, 4) is 0 Å². The van der Waals surface area contributed by atoms with Gasteiger partial charge in [0.05, 0.1) is 0 Å². The van der Waals surface area contributed by atoms with Gasteiger partial charge in [0.1, 0.15) is 36.6 Å². The van der Waals surface area contributed by atoms with Gasteiger partial charge in [-0.1, -0.05) is 26.7 Å². The molecule has 0 spiro atoms. The first-order valence-electron chi connectivity index (χ1n) is 7.50. The summed E-state index contributed by atoms with van der Waals surface area (Å²) in [4.78, 5) is 0. The predicted octanol–water partition coefficient (Wildman–Crippen LogP) is -0.186. The van der Waals surface area contributed by atoms with Crippen LogP contribution in [0.4, 0.5) is 0 Å². The van der Waals surface area contributed by atoms with Crippen LogP contribution in [0.5, 0.6) is 0 Å². The molecule has 6 heteroatoms. The average Bonchev–Trinajstić information content (AvgIpc) is 2.44. The minimum atomic E-state index is -1.27. The van der Waals surface area contributed by atoms with E-state index in [0.29, 0.717) is 13.2 Å². The van der Waals surface area contributed by atoms with Crippen molar-refractivity contribution >= 4 is 0 Å². The Morgan fingerprint density at radius 2 is 0.950 bits per heavy atom. The van der Waals surface area contributed by atoms with Gasteiger partial charge in [-0.05, 0) is 12.8 Å². The van der Waals surface area contributed by atoms with Crippen molar-refractivity contribution in [1.29, 1.82) is 0 Å². The van der Waals surface area contributed by atoms with Crippen LogP contribution >= 0.6 is 0 Å². The van der Waals surface area contributed by atoms with Gasteiger partial charge in [0.25, 0.3) is 0 Å². The van der Waals surface area contributed by atoms with Crippen LogP contribution < -0.4 is 0 Å². The summed E-state index contributed by atoms with van der Waals surface area (Å²) in [7, 11) is 0. The fraction of sp³-hybridized carbons (Fsp3) is 1.00. The van der Waals surface area contributed by atoms with E-state index < -0.39 is 36.6 Å². The highest BCUT2D eigenvalue weighted by Gasteiger charge is 2.50. The van der Waals surface area contributed by atoms with E-state index in [4.69, 9.17) is 9.47 Å². The zero-order chi connectivity index (χ0) is 15.1. The second-order valence-electron chi connectivity index (χ2n) is 5.34. The molecule has 2 unspecified atom stereocenters. The van der Waals surface area contributed by atoms with Crippen LogP contribution in [0, 0.1) is 0 Å². The number of hydrogen-bond donors (Lipinski definition) is 4. The topological polar surface area (TPSA) is 99.4 Å². The molecule has 1 aliphatic rings. The summed E-state index contributed by atoms with van der Waals surface area (Å²) in [6.45, 7) is 4.74. The van der Waals surface area contributed by atoms with E-state index in [9.17, 15) is 20.4 Å². The number of ether oxygens (including phenoxy) is 2. The highest BCUT2D eigenvalue weighted by atomic mass is 16.5. The van der Waals surface area contributed by atoms with Crippen molar-refractivity contribution in [2.75, 3.05) is 13.2 Å². The lowest BCUT2D eigenvalue weighted by atomic mass is 9.84. The Bertz CT molecular complexity index is 220. The molecule has 0 radical (unpaired) electrons. The van der Waals surface area contributed by atoms with Crippen LogP contribution in [-0.4, -0.2) is 70.3 Å². The highest BCUT2D eigenvalue weighted by molar-refractivity contribution is 5.00. The third kappa shape index (κ3) is 4.38. The Balaban J connectivity index is 2.59. The van der Waals surface area contributed by atoms with Gasteiger partial charge in [-0.25, -0.2) is 0 Å². The number of unbranched alkanes of at least 4 members (excludes halogenated alkanes) is 2. The molecule has 0 aromatic heterocycles. The highest BCUT2D eigenvalue weighted by Crippen LogP contribution is 2.26. The summed E-state index contributed by atoms with van der Waals surface area (Å²) in [5, 5.41) is 40.1. The van der Waals surface area contributed by atoms with Gasteiger partial charge in [-0.15, -0.1) is 0 Å². The Morgan fingerprint density at radius 1 is 0.650 bits per heavy atom. The molecule has 1 rings (SSSR count). The minimum absolute atomic E-state index is 0.371. The summed E-state index contributed by atoms with van der Waals surface area (Å²) < 4.78 is 10.8. The minimum Gasteiger partial charge on any atom is -0.387 e. The van der Waals surface area contributed by atoms with Gasteiger partial charge in [0.15, 0.2) is 0 Å². The summed E-state index contributed by atoms with van der Waals surface area (Å²) in [6, 6.07) is 0. The van der Waals surface area contributed by atoms with Crippen LogP contribution in [0.2, 0.25) is 0 Å². The molecule has 0 saturated heterocycles. The first-order valence-corrected chi connectivity index (χ1v) is 7.50. The van der Waals surface area contributed by atoms with Crippen molar-refractivity contribution in [3.05, 3.63) is 0 Å². The zero-order valence-electron chi connectivity index (χ0n) is 12.3.